The van der Waals surface area contributed by atoms with Crippen molar-refractivity contribution in [2.75, 3.05) is 20.5 Å². The van der Waals surface area contributed by atoms with Crippen molar-refractivity contribution in [2.24, 2.45) is 0 Å². The van der Waals surface area contributed by atoms with Crippen molar-refractivity contribution >= 4 is 10.1 Å². The van der Waals surface area contributed by atoms with Crippen LogP contribution in [0.2, 0.25) is 0 Å². The van der Waals surface area contributed by atoms with Crippen LogP contribution < -0.4 is 9.47 Å². The molecular formula is C23H23F3N2O5S. The number of hydrogen-bond acceptors (Lipinski definition) is 7. The van der Waals surface area contributed by atoms with Crippen molar-refractivity contribution in [1.82, 2.24) is 10.2 Å². The van der Waals surface area contributed by atoms with Gasteiger partial charge in [0, 0.05) is 12.0 Å². The average molecular weight is 497 g/mol. The molecule has 0 amide bonds. The fraction of sp³-hybridized carbons (Fsp3) is 0.304. The quantitative estimate of drug-likeness (QED) is 0.416. The summed E-state index contributed by atoms with van der Waals surface area (Å²) >= 11 is 0. The van der Waals surface area contributed by atoms with Gasteiger partial charge in [-0.05, 0) is 54.4 Å². The smallest absolute Gasteiger partial charge is 0.416 e. The molecule has 0 N–H and O–H groups in total. The summed E-state index contributed by atoms with van der Waals surface area (Å²) in [5.74, 6) is 0.586. The molecule has 11 heteroatoms. The topological polar surface area (TPSA) is 87.6 Å². The summed E-state index contributed by atoms with van der Waals surface area (Å²) in [6.45, 7) is 1.69. The first-order valence-corrected chi connectivity index (χ1v) is 11.8. The molecule has 7 nitrogen and oxygen atoms in total. The molecule has 1 aromatic heterocycles. The van der Waals surface area contributed by atoms with E-state index in [2.05, 4.69) is 10.2 Å². The number of aryl methyl sites for hydroxylation is 1. The minimum atomic E-state index is -4.52. The van der Waals surface area contributed by atoms with Crippen LogP contribution in [-0.2, 0) is 26.9 Å². The molecule has 1 atom stereocenters. The Bertz CT molecular complexity index is 1280. The van der Waals surface area contributed by atoms with Gasteiger partial charge in [0.2, 0.25) is 0 Å². The predicted octanol–water partition coefficient (Wildman–Crippen LogP) is 4.75. The van der Waals surface area contributed by atoms with Gasteiger partial charge < -0.3 is 9.47 Å². The van der Waals surface area contributed by atoms with Crippen molar-refractivity contribution in [3.05, 3.63) is 70.9 Å². The molecule has 0 saturated carbocycles. The maximum absolute atomic E-state index is 13.1. The highest BCUT2D eigenvalue weighted by Gasteiger charge is 2.32. The number of alkyl halides is 3. The van der Waals surface area contributed by atoms with Crippen LogP contribution in [0.25, 0.3) is 11.3 Å². The fourth-order valence-corrected chi connectivity index (χ4v) is 3.99. The molecule has 1 heterocycles. The molecule has 0 saturated heterocycles. The number of rotatable bonds is 8. The van der Waals surface area contributed by atoms with Crippen LogP contribution in [0, 0.1) is 6.92 Å². The van der Waals surface area contributed by atoms with Gasteiger partial charge in [0.15, 0.2) is 0 Å². The van der Waals surface area contributed by atoms with Crippen molar-refractivity contribution in [3.8, 4) is 22.8 Å². The number of methoxy groups -OCH3 is 2. The Hall–Kier alpha value is -3.18. The molecule has 3 rings (SSSR count). The van der Waals surface area contributed by atoms with E-state index < -0.39 is 28.0 Å². The van der Waals surface area contributed by atoms with E-state index in [1.54, 1.807) is 37.3 Å². The lowest BCUT2D eigenvalue weighted by molar-refractivity contribution is -0.137. The first kappa shape index (κ1) is 25.4. The van der Waals surface area contributed by atoms with E-state index in [1.807, 2.05) is 0 Å². The third-order valence-corrected chi connectivity index (χ3v) is 5.55. The van der Waals surface area contributed by atoms with E-state index in [0.29, 0.717) is 22.6 Å². The zero-order valence-electron chi connectivity index (χ0n) is 18.9. The van der Waals surface area contributed by atoms with E-state index in [-0.39, 0.29) is 17.9 Å². The fourth-order valence-electron chi connectivity index (χ4n) is 3.40. The Labute approximate surface area is 195 Å². The van der Waals surface area contributed by atoms with E-state index in [1.165, 1.54) is 20.3 Å². The summed E-state index contributed by atoms with van der Waals surface area (Å²) < 4.78 is 78.6. The van der Waals surface area contributed by atoms with Gasteiger partial charge in [-0.2, -0.15) is 26.7 Å². The van der Waals surface area contributed by atoms with Crippen LogP contribution in [0.15, 0.2) is 48.5 Å². The number of halogens is 3. The molecule has 2 aromatic carbocycles. The normalized spacial score (nSPS) is 12.9. The largest absolute Gasteiger partial charge is 0.497 e. The second-order valence-corrected chi connectivity index (χ2v) is 9.16. The van der Waals surface area contributed by atoms with Crippen LogP contribution >= 0.6 is 0 Å². The predicted molar refractivity (Wildman–Crippen MR) is 119 cm³/mol. The lowest BCUT2D eigenvalue weighted by Crippen LogP contribution is -2.15. The Kier molecular flexibility index (Phi) is 7.47. The number of nitrogens with zero attached hydrogens (tertiary/aromatic N) is 2. The third-order valence-electron chi connectivity index (χ3n) is 4.96. The van der Waals surface area contributed by atoms with Gasteiger partial charge >= 0.3 is 6.18 Å². The van der Waals surface area contributed by atoms with Gasteiger partial charge in [-0.25, -0.2) is 0 Å². The summed E-state index contributed by atoms with van der Waals surface area (Å²) in [6, 6.07) is 11.8. The molecular weight excluding hydrogens is 473 g/mol. The second kappa shape index (κ2) is 9.98. The minimum Gasteiger partial charge on any atom is -0.497 e. The summed E-state index contributed by atoms with van der Waals surface area (Å²) in [6.07, 6.45) is -4.39. The average Bonchev–Trinajstić information content (AvgIpc) is 2.77. The van der Waals surface area contributed by atoms with Crippen molar-refractivity contribution in [2.45, 2.75) is 25.6 Å². The molecule has 0 aliphatic carbocycles. The Balaban J connectivity index is 2.00. The standard InChI is InChI=1S/C23H23F3N2O5S/c1-14-10-19(21(33-34(4,29)30)12-15-6-5-7-17(11-15)31-2)27-28-22(14)18-9-8-16(23(24,25)26)13-20(18)32-3/h5-11,13,21H,12H2,1-4H3. The van der Waals surface area contributed by atoms with Gasteiger partial charge in [-0.3, -0.25) is 4.18 Å². The van der Waals surface area contributed by atoms with E-state index in [0.717, 1.165) is 24.0 Å². The number of benzene rings is 2. The molecule has 3 aromatic rings. The molecule has 0 bridgehead atoms. The Morgan fingerprint density at radius 2 is 1.74 bits per heavy atom. The lowest BCUT2D eigenvalue weighted by Gasteiger charge is -2.18. The zero-order valence-corrected chi connectivity index (χ0v) is 19.7. The first-order valence-electron chi connectivity index (χ1n) is 10.0. The van der Waals surface area contributed by atoms with Crippen LogP contribution in [0.1, 0.15) is 28.5 Å². The highest BCUT2D eigenvalue weighted by molar-refractivity contribution is 7.86. The highest BCUT2D eigenvalue weighted by Crippen LogP contribution is 2.37. The van der Waals surface area contributed by atoms with Gasteiger partial charge in [-0.15, -0.1) is 5.10 Å². The lowest BCUT2D eigenvalue weighted by atomic mass is 10.0. The second-order valence-electron chi connectivity index (χ2n) is 7.56. The highest BCUT2D eigenvalue weighted by atomic mass is 32.2. The molecule has 0 aliphatic rings. The number of ether oxygens (including phenoxy) is 2. The van der Waals surface area contributed by atoms with Gasteiger partial charge in [0.1, 0.15) is 17.6 Å². The van der Waals surface area contributed by atoms with E-state index in [9.17, 15) is 21.6 Å². The molecule has 0 fully saturated rings. The van der Waals surface area contributed by atoms with Gasteiger partial charge in [0.05, 0.1) is 37.4 Å². The van der Waals surface area contributed by atoms with E-state index in [4.69, 9.17) is 13.7 Å². The summed E-state index contributed by atoms with van der Waals surface area (Å²) in [7, 11) is -1.05. The van der Waals surface area contributed by atoms with Gasteiger partial charge in [0.25, 0.3) is 10.1 Å². The monoisotopic (exact) mass is 496 g/mol. The Morgan fingerprint density at radius 1 is 1.00 bits per heavy atom. The minimum absolute atomic E-state index is 0.0136. The van der Waals surface area contributed by atoms with Crippen LogP contribution in [0.3, 0.4) is 0 Å². The summed E-state index contributed by atoms with van der Waals surface area (Å²) in [5.41, 5.74) is 1.32. The molecule has 182 valence electrons. The van der Waals surface area contributed by atoms with Crippen molar-refractivity contribution in [3.63, 3.8) is 0 Å². The maximum atomic E-state index is 13.1. The number of aromatic nitrogens is 2. The van der Waals surface area contributed by atoms with Crippen LogP contribution in [0.4, 0.5) is 13.2 Å². The Morgan fingerprint density at radius 3 is 2.32 bits per heavy atom. The molecule has 1 unspecified atom stereocenters. The van der Waals surface area contributed by atoms with E-state index >= 15 is 0 Å². The van der Waals surface area contributed by atoms with Gasteiger partial charge in [-0.1, -0.05) is 12.1 Å². The van der Waals surface area contributed by atoms with Crippen molar-refractivity contribution in [1.29, 1.82) is 0 Å². The third kappa shape index (κ3) is 6.23. The van der Waals surface area contributed by atoms with Crippen molar-refractivity contribution < 1.29 is 35.2 Å². The van der Waals surface area contributed by atoms with Crippen LogP contribution in [-0.4, -0.2) is 39.1 Å². The molecule has 0 radical (unpaired) electrons. The molecule has 0 spiro atoms. The summed E-state index contributed by atoms with van der Waals surface area (Å²) in [5, 5.41) is 8.30. The zero-order chi connectivity index (χ0) is 25.1. The number of hydrogen-bond donors (Lipinski definition) is 0. The SMILES string of the molecule is COc1cccc(CC(OS(C)(=O)=O)c2cc(C)c(-c3ccc(C(F)(F)F)cc3OC)nn2)c1. The maximum Gasteiger partial charge on any atom is 0.416 e. The van der Waals surface area contributed by atoms with Crippen LogP contribution in [0.5, 0.6) is 11.5 Å². The molecule has 0 aliphatic heterocycles. The first-order chi connectivity index (χ1) is 15.9. The summed E-state index contributed by atoms with van der Waals surface area (Å²) in [4.78, 5) is 0. The molecule has 34 heavy (non-hydrogen) atoms.